The Morgan fingerprint density at radius 1 is 1.03 bits per heavy atom. The van der Waals surface area contributed by atoms with E-state index in [0.717, 1.165) is 12.0 Å². The highest BCUT2D eigenvalue weighted by molar-refractivity contribution is 7.10. The summed E-state index contributed by atoms with van der Waals surface area (Å²) in [5, 5.41) is 2.11. The van der Waals surface area contributed by atoms with Crippen LogP contribution in [0.1, 0.15) is 46.3 Å². The molecule has 1 atom stereocenters. The van der Waals surface area contributed by atoms with Gasteiger partial charge in [-0.1, -0.05) is 48.5 Å². The van der Waals surface area contributed by atoms with Crippen molar-refractivity contribution < 1.29 is 9.59 Å². The third-order valence-corrected chi connectivity index (χ3v) is 6.61. The second kappa shape index (κ2) is 8.84. The van der Waals surface area contributed by atoms with Gasteiger partial charge in [0, 0.05) is 23.0 Å². The molecule has 154 valence electrons. The summed E-state index contributed by atoms with van der Waals surface area (Å²) in [4.78, 5) is 31.5. The summed E-state index contributed by atoms with van der Waals surface area (Å²) in [6, 6.07) is 21.3. The van der Waals surface area contributed by atoms with E-state index in [4.69, 9.17) is 0 Å². The fourth-order valence-corrected chi connectivity index (χ4v) is 4.96. The molecule has 0 saturated carbocycles. The van der Waals surface area contributed by atoms with Gasteiger partial charge >= 0.3 is 0 Å². The zero-order valence-electron chi connectivity index (χ0n) is 17.3. The minimum Gasteiger partial charge on any atom is -0.330 e. The molecule has 30 heavy (non-hydrogen) atoms. The summed E-state index contributed by atoms with van der Waals surface area (Å²) >= 11 is 1.76. The molecule has 1 aliphatic rings. The number of benzene rings is 2. The van der Waals surface area contributed by atoms with E-state index < -0.39 is 0 Å². The summed E-state index contributed by atoms with van der Waals surface area (Å²) in [6.07, 6.45) is 0.858. The lowest BCUT2D eigenvalue weighted by molar-refractivity contribution is -0.134. The van der Waals surface area contributed by atoms with E-state index in [2.05, 4.69) is 23.6 Å². The molecule has 2 heterocycles. The molecule has 0 unspecified atom stereocenters. The number of nitrogens with zero attached hydrogens (tertiary/aromatic N) is 2. The number of rotatable bonds is 5. The first-order chi connectivity index (χ1) is 14.6. The standard InChI is InChI=1S/C25H26N2O2S/c1-18(2)27(25(29)20-11-7-4-8-12-20)17-23(28)26-15-13-22-21(14-16-30-22)24(26)19-9-5-3-6-10-19/h3-12,14,16,18,24H,13,15,17H2,1-2H3/t24-/m0/s1. The van der Waals surface area contributed by atoms with Crippen LogP contribution in [-0.4, -0.2) is 40.7 Å². The summed E-state index contributed by atoms with van der Waals surface area (Å²) in [5.41, 5.74) is 2.92. The molecule has 0 fully saturated rings. The summed E-state index contributed by atoms with van der Waals surface area (Å²) in [7, 11) is 0. The average Bonchev–Trinajstić information content (AvgIpc) is 3.26. The lowest BCUT2D eigenvalue weighted by Crippen LogP contribution is -2.48. The molecule has 2 amide bonds. The van der Waals surface area contributed by atoms with E-state index in [1.165, 1.54) is 10.4 Å². The minimum atomic E-state index is -0.108. The van der Waals surface area contributed by atoms with Crippen LogP contribution >= 0.6 is 11.3 Å². The molecule has 1 aromatic heterocycles. The van der Waals surface area contributed by atoms with Crippen LogP contribution in [0.2, 0.25) is 0 Å². The van der Waals surface area contributed by atoms with Crippen molar-refractivity contribution in [3.8, 4) is 0 Å². The maximum absolute atomic E-state index is 13.5. The molecule has 0 saturated heterocycles. The Morgan fingerprint density at radius 2 is 1.70 bits per heavy atom. The van der Waals surface area contributed by atoms with Crippen LogP contribution in [0.4, 0.5) is 0 Å². The molecule has 0 bridgehead atoms. The normalized spacial score (nSPS) is 15.7. The first-order valence-electron chi connectivity index (χ1n) is 10.3. The molecule has 4 rings (SSSR count). The van der Waals surface area contributed by atoms with Gasteiger partial charge in [-0.05, 0) is 55.0 Å². The fraction of sp³-hybridized carbons (Fsp3) is 0.280. The maximum atomic E-state index is 13.5. The van der Waals surface area contributed by atoms with Gasteiger partial charge < -0.3 is 9.80 Å². The van der Waals surface area contributed by atoms with Crippen LogP contribution in [0.25, 0.3) is 0 Å². The molecular weight excluding hydrogens is 392 g/mol. The molecule has 3 aromatic rings. The van der Waals surface area contributed by atoms with Crippen LogP contribution in [0.3, 0.4) is 0 Å². The third-order valence-electron chi connectivity index (χ3n) is 5.61. The third kappa shape index (κ3) is 4.03. The number of carbonyl (C=O) groups is 2. The smallest absolute Gasteiger partial charge is 0.254 e. The lowest BCUT2D eigenvalue weighted by atomic mass is 9.93. The Labute approximate surface area is 181 Å². The average molecular weight is 419 g/mol. The molecule has 4 nitrogen and oxygen atoms in total. The van der Waals surface area contributed by atoms with E-state index in [9.17, 15) is 9.59 Å². The van der Waals surface area contributed by atoms with E-state index >= 15 is 0 Å². The van der Waals surface area contributed by atoms with Crippen molar-refractivity contribution in [3.05, 3.63) is 93.7 Å². The number of amides is 2. The summed E-state index contributed by atoms with van der Waals surface area (Å²) in [6.45, 7) is 4.65. The molecular formula is C25H26N2O2S. The molecule has 0 N–H and O–H groups in total. The van der Waals surface area contributed by atoms with Gasteiger partial charge in [-0.15, -0.1) is 11.3 Å². The predicted molar refractivity (Wildman–Crippen MR) is 121 cm³/mol. The summed E-state index contributed by atoms with van der Waals surface area (Å²) < 4.78 is 0. The van der Waals surface area contributed by atoms with Crippen molar-refractivity contribution >= 4 is 23.2 Å². The van der Waals surface area contributed by atoms with Gasteiger partial charge in [0.1, 0.15) is 6.54 Å². The van der Waals surface area contributed by atoms with Gasteiger partial charge in [-0.2, -0.15) is 0 Å². The zero-order chi connectivity index (χ0) is 21.1. The van der Waals surface area contributed by atoms with Crippen molar-refractivity contribution in [2.24, 2.45) is 0 Å². The number of thiophene rings is 1. The van der Waals surface area contributed by atoms with Crippen LogP contribution in [-0.2, 0) is 11.2 Å². The Balaban J connectivity index is 1.61. The van der Waals surface area contributed by atoms with Gasteiger partial charge in [-0.25, -0.2) is 0 Å². The van der Waals surface area contributed by atoms with Gasteiger partial charge in [0.25, 0.3) is 5.91 Å². The topological polar surface area (TPSA) is 40.6 Å². The van der Waals surface area contributed by atoms with Crippen molar-refractivity contribution in [1.82, 2.24) is 9.80 Å². The fourth-order valence-electron chi connectivity index (χ4n) is 4.05. The zero-order valence-corrected chi connectivity index (χ0v) is 18.1. The van der Waals surface area contributed by atoms with Crippen molar-refractivity contribution in [2.45, 2.75) is 32.4 Å². The first-order valence-corrected chi connectivity index (χ1v) is 11.2. The monoisotopic (exact) mass is 418 g/mol. The Hall–Kier alpha value is -2.92. The molecule has 0 spiro atoms. The largest absolute Gasteiger partial charge is 0.330 e. The number of hydrogen-bond acceptors (Lipinski definition) is 3. The Morgan fingerprint density at radius 3 is 2.37 bits per heavy atom. The quantitative estimate of drug-likeness (QED) is 0.599. The van der Waals surface area contributed by atoms with Crippen LogP contribution in [0, 0.1) is 0 Å². The second-order valence-corrected chi connectivity index (χ2v) is 8.84. The Kier molecular flexibility index (Phi) is 6.00. The van der Waals surface area contributed by atoms with E-state index in [1.54, 1.807) is 28.4 Å². The first kappa shape index (κ1) is 20.4. The molecule has 0 radical (unpaired) electrons. The minimum absolute atomic E-state index is 0.0151. The second-order valence-electron chi connectivity index (χ2n) is 7.84. The highest BCUT2D eigenvalue weighted by Crippen LogP contribution is 2.37. The number of hydrogen-bond donors (Lipinski definition) is 0. The maximum Gasteiger partial charge on any atom is 0.254 e. The van der Waals surface area contributed by atoms with E-state index in [0.29, 0.717) is 12.1 Å². The molecule has 2 aromatic carbocycles. The van der Waals surface area contributed by atoms with Gasteiger partial charge in [-0.3, -0.25) is 9.59 Å². The number of fused-ring (bicyclic) bond motifs is 1. The highest BCUT2D eigenvalue weighted by Gasteiger charge is 2.34. The van der Waals surface area contributed by atoms with Crippen molar-refractivity contribution in [2.75, 3.05) is 13.1 Å². The Bertz CT molecular complexity index is 1010. The van der Waals surface area contributed by atoms with Crippen molar-refractivity contribution in [1.29, 1.82) is 0 Å². The SMILES string of the molecule is CC(C)N(CC(=O)N1CCc2sccc2[C@@H]1c1ccccc1)C(=O)c1ccccc1. The van der Waals surface area contributed by atoms with Gasteiger partial charge in [0.05, 0.1) is 6.04 Å². The van der Waals surface area contributed by atoms with Gasteiger partial charge in [0.15, 0.2) is 0 Å². The molecule has 1 aliphatic heterocycles. The van der Waals surface area contributed by atoms with E-state index in [1.807, 2.05) is 55.1 Å². The summed E-state index contributed by atoms with van der Waals surface area (Å²) in [5.74, 6) is -0.123. The molecule has 5 heteroatoms. The predicted octanol–water partition coefficient (Wildman–Crippen LogP) is 4.77. The van der Waals surface area contributed by atoms with Crippen LogP contribution < -0.4 is 0 Å². The van der Waals surface area contributed by atoms with E-state index in [-0.39, 0.29) is 30.4 Å². The lowest BCUT2D eigenvalue weighted by Gasteiger charge is -2.38. The van der Waals surface area contributed by atoms with Gasteiger partial charge in [0.2, 0.25) is 5.91 Å². The number of carbonyl (C=O) groups excluding carboxylic acids is 2. The molecule has 0 aliphatic carbocycles. The highest BCUT2D eigenvalue weighted by atomic mass is 32.1. The van der Waals surface area contributed by atoms with Crippen LogP contribution in [0.15, 0.2) is 72.1 Å². The van der Waals surface area contributed by atoms with Crippen LogP contribution in [0.5, 0.6) is 0 Å². The van der Waals surface area contributed by atoms with Crippen molar-refractivity contribution in [3.63, 3.8) is 0 Å².